The smallest absolute Gasteiger partial charge is 0.130 e. The Morgan fingerprint density at radius 3 is 2.50 bits per heavy atom. The van der Waals surface area contributed by atoms with Gasteiger partial charge in [0.15, 0.2) is 0 Å². The monoisotopic (exact) mass is 265 g/mol. The van der Waals surface area contributed by atoms with Gasteiger partial charge in [-0.3, -0.25) is 0 Å². The molecule has 20 heavy (non-hydrogen) atoms. The van der Waals surface area contributed by atoms with Crippen LogP contribution in [-0.2, 0) is 13.0 Å². The van der Waals surface area contributed by atoms with Gasteiger partial charge in [-0.2, -0.15) is 0 Å². The molecule has 0 N–H and O–H groups in total. The molecule has 0 saturated carbocycles. The van der Waals surface area contributed by atoms with E-state index in [2.05, 4.69) is 71.1 Å². The third-order valence-electron chi connectivity index (χ3n) is 3.27. The zero-order valence-electron chi connectivity index (χ0n) is 12.0. The molecule has 0 radical (unpaired) electrons. The van der Waals surface area contributed by atoms with Gasteiger partial charge >= 0.3 is 0 Å². The quantitative estimate of drug-likeness (QED) is 0.721. The van der Waals surface area contributed by atoms with Gasteiger partial charge in [-0.15, -0.1) is 0 Å². The van der Waals surface area contributed by atoms with Gasteiger partial charge in [0.25, 0.3) is 0 Å². The van der Waals surface area contributed by atoms with Crippen LogP contribution in [0.3, 0.4) is 0 Å². The molecule has 0 spiro atoms. The van der Waals surface area contributed by atoms with Crippen molar-refractivity contribution < 1.29 is 0 Å². The van der Waals surface area contributed by atoms with Crippen LogP contribution in [0.2, 0.25) is 0 Å². The topological polar surface area (TPSA) is 30.7 Å². The Kier molecular flexibility index (Phi) is 3.50. The second-order valence-corrected chi connectivity index (χ2v) is 5.61. The van der Waals surface area contributed by atoms with E-state index in [-0.39, 0.29) is 0 Å². The normalized spacial score (nSPS) is 11.3. The highest BCUT2D eigenvalue weighted by Gasteiger charge is 2.11. The molecule has 0 saturated heterocycles. The van der Waals surface area contributed by atoms with Crippen LogP contribution >= 0.6 is 0 Å². The fraction of sp³-hybridized carbons (Fsp3) is 0.294. The number of hydrogen-bond donors (Lipinski definition) is 0. The van der Waals surface area contributed by atoms with Crippen molar-refractivity contribution in [3.8, 4) is 11.4 Å². The Morgan fingerprint density at radius 2 is 1.75 bits per heavy atom. The number of aromatic nitrogens is 3. The summed E-state index contributed by atoms with van der Waals surface area (Å²) >= 11 is 0. The molecule has 1 aromatic rings. The molecule has 0 fully saturated rings. The molecule has 0 aliphatic carbocycles. The summed E-state index contributed by atoms with van der Waals surface area (Å²) in [6, 6.07) is 12.5. The van der Waals surface area contributed by atoms with E-state index in [1.54, 1.807) is 0 Å². The van der Waals surface area contributed by atoms with Crippen LogP contribution in [0.5, 0.6) is 0 Å². The van der Waals surface area contributed by atoms with Crippen molar-refractivity contribution in [1.82, 2.24) is 14.5 Å². The molecule has 2 aliphatic heterocycles. The van der Waals surface area contributed by atoms with Gasteiger partial charge in [0.05, 0.1) is 5.69 Å². The minimum absolute atomic E-state index is 0.586. The highest BCUT2D eigenvalue weighted by molar-refractivity contribution is 5.54. The first-order valence-corrected chi connectivity index (χ1v) is 7.07. The van der Waals surface area contributed by atoms with E-state index < -0.39 is 0 Å². The van der Waals surface area contributed by atoms with Crippen molar-refractivity contribution >= 4 is 0 Å². The Balaban J connectivity index is 1.85. The zero-order chi connectivity index (χ0) is 13.9. The standard InChI is InChI=1S/C17H19N3/c1-13(2)10-17-18-15-8-9-20(12-16(15)19-17)11-14-6-4-3-5-7-14/h3-9,12-13H,10-11H2,1-2H3. The molecule has 3 nitrogen and oxygen atoms in total. The van der Waals surface area contributed by atoms with Crippen LogP contribution in [0.4, 0.5) is 0 Å². The maximum atomic E-state index is 4.62. The lowest BCUT2D eigenvalue weighted by atomic mass is 10.1. The SMILES string of the molecule is CC(C)Cc1nc2ccn(Cc3ccccc3)cc-2n1. The second kappa shape index (κ2) is 5.45. The summed E-state index contributed by atoms with van der Waals surface area (Å²) in [7, 11) is 0. The van der Waals surface area contributed by atoms with Gasteiger partial charge < -0.3 is 4.57 Å². The van der Waals surface area contributed by atoms with Gasteiger partial charge in [-0.05, 0) is 17.5 Å². The number of nitrogens with zero attached hydrogens (tertiary/aromatic N) is 3. The summed E-state index contributed by atoms with van der Waals surface area (Å²) in [4.78, 5) is 9.20. The predicted octanol–water partition coefficient (Wildman–Crippen LogP) is 3.63. The van der Waals surface area contributed by atoms with Gasteiger partial charge in [0.1, 0.15) is 11.5 Å². The summed E-state index contributed by atoms with van der Waals surface area (Å²) in [6.07, 6.45) is 5.09. The van der Waals surface area contributed by atoms with Gasteiger partial charge in [-0.1, -0.05) is 44.2 Å². The average Bonchev–Trinajstić information content (AvgIpc) is 2.80. The fourth-order valence-corrected chi connectivity index (χ4v) is 2.35. The molecular weight excluding hydrogens is 246 g/mol. The Hall–Kier alpha value is -2.16. The largest absolute Gasteiger partial charge is 0.348 e. The Labute approximate surface area is 119 Å². The Morgan fingerprint density at radius 1 is 1.00 bits per heavy atom. The highest BCUT2D eigenvalue weighted by atomic mass is 15.0. The molecule has 0 atom stereocenters. The lowest BCUT2D eigenvalue weighted by Gasteiger charge is -2.07. The molecule has 0 amide bonds. The molecule has 0 unspecified atom stereocenters. The molecular formula is C17H19N3. The summed E-state index contributed by atoms with van der Waals surface area (Å²) in [5.74, 6) is 1.54. The second-order valence-electron chi connectivity index (χ2n) is 5.61. The van der Waals surface area contributed by atoms with Crippen LogP contribution in [0.15, 0.2) is 48.8 Å². The van der Waals surface area contributed by atoms with E-state index in [0.29, 0.717) is 5.92 Å². The van der Waals surface area contributed by atoms with Crippen molar-refractivity contribution in [3.05, 3.63) is 60.2 Å². The first-order valence-electron chi connectivity index (χ1n) is 7.07. The zero-order valence-corrected chi connectivity index (χ0v) is 12.0. The molecule has 1 aromatic carbocycles. The lowest BCUT2D eigenvalue weighted by molar-refractivity contribution is 0.626. The van der Waals surface area contributed by atoms with Crippen molar-refractivity contribution in [3.63, 3.8) is 0 Å². The fourth-order valence-electron chi connectivity index (χ4n) is 2.35. The van der Waals surface area contributed by atoms with Crippen LogP contribution < -0.4 is 0 Å². The van der Waals surface area contributed by atoms with E-state index in [1.807, 2.05) is 6.07 Å². The first-order chi connectivity index (χ1) is 9.70. The summed E-state index contributed by atoms with van der Waals surface area (Å²) in [6.45, 7) is 5.25. The number of fused-ring (bicyclic) bond motifs is 1. The maximum Gasteiger partial charge on any atom is 0.130 e. The molecule has 3 heteroatoms. The lowest BCUT2D eigenvalue weighted by Crippen LogP contribution is -2.00. The van der Waals surface area contributed by atoms with Gasteiger partial charge in [0.2, 0.25) is 0 Å². The maximum absolute atomic E-state index is 4.62. The number of hydrogen-bond acceptors (Lipinski definition) is 2. The molecule has 0 aromatic heterocycles. The van der Waals surface area contributed by atoms with Crippen LogP contribution in [0, 0.1) is 5.92 Å². The third-order valence-corrected chi connectivity index (χ3v) is 3.27. The summed E-state index contributed by atoms with van der Waals surface area (Å²) in [5, 5.41) is 0. The number of imidazole rings is 1. The number of benzene rings is 1. The number of rotatable bonds is 4. The first kappa shape index (κ1) is 12.9. The molecule has 3 rings (SSSR count). The molecule has 102 valence electrons. The average molecular weight is 265 g/mol. The van der Waals surface area contributed by atoms with Crippen LogP contribution in [0.25, 0.3) is 11.4 Å². The predicted molar refractivity (Wildman–Crippen MR) is 80.7 cm³/mol. The highest BCUT2D eigenvalue weighted by Crippen LogP contribution is 2.20. The van der Waals surface area contributed by atoms with Crippen molar-refractivity contribution in [2.45, 2.75) is 26.8 Å². The minimum atomic E-state index is 0.586. The van der Waals surface area contributed by atoms with E-state index in [1.165, 1.54) is 5.56 Å². The van der Waals surface area contributed by atoms with Crippen molar-refractivity contribution in [1.29, 1.82) is 0 Å². The van der Waals surface area contributed by atoms with E-state index >= 15 is 0 Å². The van der Waals surface area contributed by atoms with E-state index in [4.69, 9.17) is 0 Å². The third kappa shape index (κ3) is 2.87. The molecule has 2 heterocycles. The van der Waals surface area contributed by atoms with Crippen molar-refractivity contribution in [2.24, 2.45) is 5.92 Å². The van der Waals surface area contributed by atoms with Crippen molar-refractivity contribution in [2.75, 3.05) is 0 Å². The van der Waals surface area contributed by atoms with E-state index in [9.17, 15) is 0 Å². The number of pyridine rings is 1. The summed E-state index contributed by atoms with van der Waals surface area (Å²) in [5.41, 5.74) is 3.27. The minimum Gasteiger partial charge on any atom is -0.348 e. The van der Waals surface area contributed by atoms with Crippen LogP contribution in [-0.4, -0.2) is 14.5 Å². The molecule has 2 aliphatic rings. The summed E-state index contributed by atoms with van der Waals surface area (Å²) < 4.78 is 2.16. The van der Waals surface area contributed by atoms with E-state index in [0.717, 1.165) is 30.2 Å². The van der Waals surface area contributed by atoms with Crippen LogP contribution in [0.1, 0.15) is 25.2 Å². The van der Waals surface area contributed by atoms with Gasteiger partial charge in [0, 0.05) is 25.4 Å². The Bertz CT molecular complexity index is 655. The molecule has 0 bridgehead atoms. The van der Waals surface area contributed by atoms with Gasteiger partial charge in [-0.25, -0.2) is 9.97 Å².